The Hall–Kier alpha value is -0.120. The highest BCUT2D eigenvalue weighted by molar-refractivity contribution is 4.92. The van der Waals surface area contributed by atoms with Crippen molar-refractivity contribution in [2.24, 2.45) is 10.8 Å². The van der Waals surface area contributed by atoms with Crippen molar-refractivity contribution < 1.29 is 4.74 Å². The molecule has 3 aliphatic rings. The van der Waals surface area contributed by atoms with Gasteiger partial charge in [0.15, 0.2) is 0 Å². The molecule has 2 aliphatic heterocycles. The molecule has 3 heteroatoms. The van der Waals surface area contributed by atoms with Crippen LogP contribution in [-0.4, -0.2) is 50.3 Å². The average molecular weight is 294 g/mol. The molecule has 1 aliphatic carbocycles. The van der Waals surface area contributed by atoms with Gasteiger partial charge in [0, 0.05) is 32.3 Å². The number of nitrogens with zero attached hydrogens (tertiary/aromatic N) is 1. The van der Waals surface area contributed by atoms with E-state index in [9.17, 15) is 0 Å². The molecule has 2 heterocycles. The van der Waals surface area contributed by atoms with Crippen LogP contribution < -0.4 is 5.32 Å². The van der Waals surface area contributed by atoms with Crippen LogP contribution in [-0.2, 0) is 4.74 Å². The number of hydrogen-bond acceptors (Lipinski definition) is 3. The molecule has 0 aromatic carbocycles. The van der Waals surface area contributed by atoms with Crippen molar-refractivity contribution in [2.45, 2.75) is 64.8 Å². The summed E-state index contributed by atoms with van der Waals surface area (Å²) in [6.07, 6.45) is 9.39. The third-order valence-corrected chi connectivity index (χ3v) is 5.89. The molecule has 0 unspecified atom stereocenters. The number of rotatable bonds is 5. The van der Waals surface area contributed by atoms with Crippen LogP contribution in [0.5, 0.6) is 0 Å². The topological polar surface area (TPSA) is 24.5 Å². The molecule has 1 N–H and O–H groups in total. The van der Waals surface area contributed by atoms with Crippen molar-refractivity contribution >= 4 is 0 Å². The highest BCUT2D eigenvalue weighted by atomic mass is 16.5. The van der Waals surface area contributed by atoms with Gasteiger partial charge in [0.1, 0.15) is 0 Å². The predicted molar refractivity (Wildman–Crippen MR) is 87.6 cm³/mol. The molecule has 3 nitrogen and oxygen atoms in total. The Bertz CT molecular complexity index is 332. The van der Waals surface area contributed by atoms with E-state index in [1.54, 1.807) is 0 Å². The first-order valence-corrected chi connectivity index (χ1v) is 9.11. The summed E-state index contributed by atoms with van der Waals surface area (Å²) in [6.45, 7) is 11.9. The van der Waals surface area contributed by atoms with Gasteiger partial charge >= 0.3 is 0 Å². The van der Waals surface area contributed by atoms with Crippen LogP contribution in [0.2, 0.25) is 0 Å². The molecule has 2 saturated heterocycles. The van der Waals surface area contributed by atoms with E-state index in [-0.39, 0.29) is 0 Å². The van der Waals surface area contributed by atoms with E-state index in [2.05, 4.69) is 24.1 Å². The van der Waals surface area contributed by atoms with Crippen LogP contribution in [0.15, 0.2) is 0 Å². The summed E-state index contributed by atoms with van der Waals surface area (Å²) in [5, 5.41) is 3.81. The van der Waals surface area contributed by atoms with E-state index >= 15 is 0 Å². The highest BCUT2D eigenvalue weighted by Crippen LogP contribution is 2.35. The molecule has 3 fully saturated rings. The van der Waals surface area contributed by atoms with E-state index < -0.39 is 0 Å². The standard InChI is InChI=1S/C18H34N2O/c1-17(2)6-3-10-20(11-7-17)15-18(8-12-21-13-9-18)14-19-16-4-5-16/h16,19H,3-15H2,1-2H3. The third kappa shape index (κ3) is 4.67. The second kappa shape index (κ2) is 6.55. The van der Waals surface area contributed by atoms with Gasteiger partial charge in [-0.3, -0.25) is 0 Å². The van der Waals surface area contributed by atoms with Crippen LogP contribution in [0.3, 0.4) is 0 Å². The Kier molecular flexibility index (Phi) is 4.92. The molecular formula is C18H34N2O. The van der Waals surface area contributed by atoms with Crippen molar-refractivity contribution in [3.05, 3.63) is 0 Å². The quantitative estimate of drug-likeness (QED) is 0.843. The number of ether oxygens (including phenoxy) is 1. The fraction of sp³-hybridized carbons (Fsp3) is 1.00. The minimum absolute atomic E-state index is 0.468. The van der Waals surface area contributed by atoms with Gasteiger partial charge in [-0.2, -0.15) is 0 Å². The SMILES string of the molecule is CC1(C)CCCN(CC2(CNC3CC3)CCOCC2)CC1. The first kappa shape index (κ1) is 15.8. The summed E-state index contributed by atoms with van der Waals surface area (Å²) >= 11 is 0. The smallest absolute Gasteiger partial charge is 0.0472 e. The first-order valence-electron chi connectivity index (χ1n) is 9.11. The number of hydrogen-bond donors (Lipinski definition) is 1. The number of nitrogens with one attached hydrogen (secondary N) is 1. The van der Waals surface area contributed by atoms with Crippen molar-refractivity contribution in [1.29, 1.82) is 0 Å². The fourth-order valence-corrected chi connectivity index (χ4v) is 3.95. The average Bonchev–Trinajstić information content (AvgIpc) is 3.28. The zero-order valence-corrected chi connectivity index (χ0v) is 14.1. The van der Waals surface area contributed by atoms with Crippen LogP contribution >= 0.6 is 0 Å². The monoisotopic (exact) mass is 294 g/mol. The van der Waals surface area contributed by atoms with Gasteiger partial charge in [0.25, 0.3) is 0 Å². The molecule has 3 rings (SSSR count). The Balaban J connectivity index is 1.57. The molecule has 21 heavy (non-hydrogen) atoms. The van der Waals surface area contributed by atoms with Gasteiger partial charge in [-0.15, -0.1) is 0 Å². The summed E-state index contributed by atoms with van der Waals surface area (Å²) in [4.78, 5) is 2.76. The van der Waals surface area contributed by atoms with Gasteiger partial charge in [-0.1, -0.05) is 13.8 Å². The van der Waals surface area contributed by atoms with Crippen LogP contribution in [0, 0.1) is 10.8 Å². The van der Waals surface area contributed by atoms with E-state index in [0.717, 1.165) is 19.3 Å². The second-order valence-corrected chi connectivity index (χ2v) is 8.56. The van der Waals surface area contributed by atoms with Gasteiger partial charge in [-0.25, -0.2) is 0 Å². The molecular weight excluding hydrogens is 260 g/mol. The highest BCUT2D eigenvalue weighted by Gasteiger charge is 2.37. The molecule has 0 bridgehead atoms. The summed E-state index contributed by atoms with van der Waals surface area (Å²) < 4.78 is 5.65. The molecule has 122 valence electrons. The third-order valence-electron chi connectivity index (χ3n) is 5.89. The molecule has 0 atom stereocenters. The Labute approximate surface area is 130 Å². The van der Waals surface area contributed by atoms with Crippen LogP contribution in [0.25, 0.3) is 0 Å². The van der Waals surface area contributed by atoms with Crippen molar-refractivity contribution in [3.63, 3.8) is 0 Å². The van der Waals surface area contributed by atoms with Crippen molar-refractivity contribution in [3.8, 4) is 0 Å². The summed E-state index contributed by atoms with van der Waals surface area (Å²) in [5.74, 6) is 0. The lowest BCUT2D eigenvalue weighted by Gasteiger charge is -2.41. The lowest BCUT2D eigenvalue weighted by atomic mass is 9.79. The van der Waals surface area contributed by atoms with Gasteiger partial charge in [0.05, 0.1) is 0 Å². The number of likely N-dealkylation sites (tertiary alicyclic amines) is 1. The zero-order valence-electron chi connectivity index (χ0n) is 14.1. The summed E-state index contributed by atoms with van der Waals surface area (Å²) in [7, 11) is 0. The molecule has 0 spiro atoms. The van der Waals surface area contributed by atoms with E-state index in [4.69, 9.17) is 4.74 Å². The Morgan fingerprint density at radius 1 is 1.05 bits per heavy atom. The van der Waals surface area contributed by atoms with E-state index in [1.807, 2.05) is 0 Å². The minimum Gasteiger partial charge on any atom is -0.381 e. The lowest BCUT2D eigenvalue weighted by Crippen LogP contribution is -2.48. The molecule has 1 saturated carbocycles. The maximum atomic E-state index is 5.65. The van der Waals surface area contributed by atoms with Crippen LogP contribution in [0.4, 0.5) is 0 Å². The summed E-state index contributed by atoms with van der Waals surface area (Å²) in [5.41, 5.74) is 1.01. The Morgan fingerprint density at radius 2 is 1.81 bits per heavy atom. The summed E-state index contributed by atoms with van der Waals surface area (Å²) in [6, 6.07) is 0.827. The minimum atomic E-state index is 0.468. The molecule has 0 aromatic heterocycles. The van der Waals surface area contributed by atoms with Gasteiger partial charge in [0.2, 0.25) is 0 Å². The fourth-order valence-electron chi connectivity index (χ4n) is 3.95. The van der Waals surface area contributed by atoms with Crippen molar-refractivity contribution in [1.82, 2.24) is 10.2 Å². The molecule has 0 aromatic rings. The van der Waals surface area contributed by atoms with Gasteiger partial charge < -0.3 is 15.0 Å². The maximum Gasteiger partial charge on any atom is 0.0472 e. The lowest BCUT2D eigenvalue weighted by molar-refractivity contribution is -0.00444. The van der Waals surface area contributed by atoms with Crippen LogP contribution in [0.1, 0.15) is 58.8 Å². The molecule has 0 amide bonds. The predicted octanol–water partition coefficient (Wildman–Crippen LogP) is 3.05. The second-order valence-electron chi connectivity index (χ2n) is 8.56. The Morgan fingerprint density at radius 3 is 2.52 bits per heavy atom. The zero-order chi connectivity index (χ0) is 14.8. The maximum absolute atomic E-state index is 5.65. The van der Waals surface area contributed by atoms with E-state index in [1.165, 1.54) is 71.1 Å². The van der Waals surface area contributed by atoms with Gasteiger partial charge in [-0.05, 0) is 68.9 Å². The first-order chi connectivity index (χ1) is 10.1. The largest absolute Gasteiger partial charge is 0.381 e. The normalized spacial score (nSPS) is 30.0. The van der Waals surface area contributed by atoms with E-state index in [0.29, 0.717) is 10.8 Å². The van der Waals surface area contributed by atoms with Crippen molar-refractivity contribution in [2.75, 3.05) is 39.4 Å². The molecule has 0 radical (unpaired) electrons.